The van der Waals surface area contributed by atoms with Crippen LogP contribution < -0.4 is 5.32 Å². The summed E-state index contributed by atoms with van der Waals surface area (Å²) in [6.07, 6.45) is 6.13. The van der Waals surface area contributed by atoms with Crippen molar-refractivity contribution in [1.82, 2.24) is 30.1 Å². The summed E-state index contributed by atoms with van der Waals surface area (Å²) < 4.78 is 0. The summed E-state index contributed by atoms with van der Waals surface area (Å²) >= 11 is 1.72. The number of fused-ring (bicyclic) bond motifs is 2. The smallest absolute Gasteiger partial charge is 0.159 e. The van der Waals surface area contributed by atoms with Gasteiger partial charge in [-0.2, -0.15) is 5.10 Å². The third kappa shape index (κ3) is 4.88. The van der Waals surface area contributed by atoms with Crippen molar-refractivity contribution in [3.8, 4) is 33.2 Å². The number of nitrogens with one attached hydrogen (secondary N) is 3. The molecule has 5 heterocycles. The highest BCUT2D eigenvalue weighted by Gasteiger charge is 2.17. The molecule has 0 bridgehead atoms. The van der Waals surface area contributed by atoms with Gasteiger partial charge < -0.3 is 10.3 Å². The minimum absolute atomic E-state index is 0.697. The molecule has 0 saturated heterocycles. The topological polar surface area (TPSA) is 95.2 Å². The Morgan fingerprint density at radius 1 is 0.929 bits per heavy atom. The molecule has 5 aromatic heterocycles. The Hall–Kier alpha value is -5.34. The molecule has 0 aliphatic carbocycles. The summed E-state index contributed by atoms with van der Waals surface area (Å²) in [6, 6.07) is 24.8. The van der Waals surface area contributed by atoms with Gasteiger partial charge in [0.05, 0.1) is 40.3 Å². The molecule has 0 aliphatic heterocycles. The zero-order valence-corrected chi connectivity index (χ0v) is 23.8. The zero-order chi connectivity index (χ0) is 28.6. The minimum atomic E-state index is 0.697. The van der Waals surface area contributed by atoms with Gasteiger partial charge in [-0.25, -0.2) is 4.98 Å². The highest BCUT2D eigenvalue weighted by Crippen LogP contribution is 2.36. The van der Waals surface area contributed by atoms with Gasteiger partial charge in [0.1, 0.15) is 5.69 Å². The summed E-state index contributed by atoms with van der Waals surface area (Å²) in [7, 11) is 0. The van der Waals surface area contributed by atoms with Crippen LogP contribution in [0.25, 0.3) is 60.7 Å². The maximum absolute atomic E-state index is 5.01. The number of nitrogens with zero attached hydrogens (tertiary/aromatic N) is 4. The highest BCUT2D eigenvalue weighted by molar-refractivity contribution is 7.16. The fraction of sp³-hybridized carbons (Fsp3) is 0.0588. The first-order chi connectivity index (χ1) is 20.5. The number of aromatic amines is 2. The standard InChI is InChI=1S/C34H27N7S/c1-20(2)30-12-13-31(42-30)25-10-7-11-27-32(25)39-34(38-27)33-26-16-28(36-19-29(26)40-41-33)23-15-24(18-35-17-23)37-21(3)14-22-8-5-4-6-9-22/h4-13,15-19,37H,1,3,14H2,2H3,(H,38,39)(H,40,41). The van der Waals surface area contributed by atoms with E-state index >= 15 is 0 Å². The molecular formula is C34H27N7S. The van der Waals surface area contributed by atoms with E-state index in [1.54, 1.807) is 23.7 Å². The number of pyridine rings is 2. The van der Waals surface area contributed by atoms with E-state index < -0.39 is 0 Å². The minimum Gasteiger partial charge on any atom is -0.358 e. The van der Waals surface area contributed by atoms with Crippen LogP contribution in [-0.2, 0) is 6.42 Å². The van der Waals surface area contributed by atoms with E-state index in [0.717, 1.165) is 72.7 Å². The Morgan fingerprint density at radius 2 is 1.81 bits per heavy atom. The maximum Gasteiger partial charge on any atom is 0.159 e. The number of H-pyrrole nitrogens is 2. The first kappa shape index (κ1) is 25.6. The van der Waals surface area contributed by atoms with Gasteiger partial charge in [-0.05, 0) is 48.4 Å². The number of hydrogen-bond donors (Lipinski definition) is 3. The fourth-order valence-electron chi connectivity index (χ4n) is 5.05. The van der Waals surface area contributed by atoms with E-state index in [-0.39, 0.29) is 0 Å². The number of anilines is 1. The number of allylic oxidation sites excluding steroid dienone is 2. The molecule has 0 aliphatic rings. The molecule has 3 N–H and O–H groups in total. The van der Waals surface area contributed by atoms with Crippen molar-refractivity contribution in [2.24, 2.45) is 0 Å². The molecule has 0 saturated carbocycles. The predicted molar refractivity (Wildman–Crippen MR) is 173 cm³/mol. The quantitative estimate of drug-likeness (QED) is 0.172. The lowest BCUT2D eigenvalue weighted by Gasteiger charge is -2.11. The number of hydrogen-bond acceptors (Lipinski definition) is 6. The average molecular weight is 566 g/mol. The van der Waals surface area contributed by atoms with Crippen molar-refractivity contribution in [2.75, 3.05) is 5.32 Å². The van der Waals surface area contributed by atoms with E-state index in [2.05, 4.69) is 74.0 Å². The van der Waals surface area contributed by atoms with E-state index in [1.807, 2.05) is 55.6 Å². The Labute approximate surface area is 246 Å². The fourth-order valence-corrected chi connectivity index (χ4v) is 6.01. The monoisotopic (exact) mass is 565 g/mol. The Kier molecular flexibility index (Phi) is 6.45. The molecule has 0 fully saturated rings. The number of aromatic nitrogens is 6. The van der Waals surface area contributed by atoms with Crippen LogP contribution in [0.1, 0.15) is 17.4 Å². The van der Waals surface area contributed by atoms with Crippen LogP contribution in [0.3, 0.4) is 0 Å². The van der Waals surface area contributed by atoms with Crippen molar-refractivity contribution < 1.29 is 0 Å². The van der Waals surface area contributed by atoms with Crippen molar-refractivity contribution in [1.29, 1.82) is 0 Å². The SMILES string of the molecule is C=C(Cc1ccccc1)Nc1cncc(-c2cc3c(-c4nc5c(-c6ccc(C(=C)C)s6)cccc5[nH]4)n[nH]c3cn2)c1. The van der Waals surface area contributed by atoms with Crippen LogP contribution in [0.15, 0.2) is 110 Å². The van der Waals surface area contributed by atoms with Gasteiger partial charge in [-0.3, -0.25) is 15.1 Å². The molecule has 0 radical (unpaired) electrons. The van der Waals surface area contributed by atoms with Gasteiger partial charge in [0, 0.05) is 44.6 Å². The molecule has 8 heteroatoms. The largest absolute Gasteiger partial charge is 0.358 e. The summed E-state index contributed by atoms with van der Waals surface area (Å²) in [5, 5.41) is 12.0. The Bertz CT molecular complexity index is 2100. The summed E-state index contributed by atoms with van der Waals surface area (Å²) in [6.45, 7) is 10.3. The third-order valence-corrected chi connectivity index (χ3v) is 8.37. The molecule has 2 aromatic carbocycles. The Morgan fingerprint density at radius 3 is 2.64 bits per heavy atom. The molecule has 204 valence electrons. The summed E-state index contributed by atoms with van der Waals surface area (Å²) in [5.74, 6) is 0.697. The molecule has 7 rings (SSSR count). The molecule has 7 nitrogen and oxygen atoms in total. The van der Waals surface area contributed by atoms with E-state index in [4.69, 9.17) is 4.98 Å². The normalized spacial score (nSPS) is 11.3. The summed E-state index contributed by atoms with van der Waals surface area (Å²) in [4.78, 5) is 20.0. The van der Waals surface area contributed by atoms with Crippen molar-refractivity contribution >= 4 is 44.5 Å². The summed E-state index contributed by atoms with van der Waals surface area (Å²) in [5.41, 5.74) is 10.2. The van der Waals surface area contributed by atoms with Gasteiger partial charge in [-0.15, -0.1) is 11.3 Å². The number of para-hydroxylation sites is 1. The van der Waals surface area contributed by atoms with Crippen molar-refractivity contribution in [3.05, 3.63) is 121 Å². The molecule has 0 unspecified atom stereocenters. The molecule has 0 atom stereocenters. The second-order valence-corrected chi connectivity index (χ2v) is 11.4. The second kappa shape index (κ2) is 10.6. The van der Waals surface area contributed by atoms with Crippen LogP contribution in [0.2, 0.25) is 0 Å². The van der Waals surface area contributed by atoms with Gasteiger partial charge in [-0.1, -0.05) is 55.6 Å². The maximum atomic E-state index is 5.01. The molecule has 42 heavy (non-hydrogen) atoms. The highest BCUT2D eigenvalue weighted by atomic mass is 32.1. The first-order valence-corrected chi connectivity index (χ1v) is 14.4. The van der Waals surface area contributed by atoms with Gasteiger partial charge >= 0.3 is 0 Å². The lowest BCUT2D eigenvalue weighted by atomic mass is 10.1. The number of thiophene rings is 1. The van der Waals surface area contributed by atoms with Crippen LogP contribution in [0, 0.1) is 0 Å². The van der Waals surface area contributed by atoms with Gasteiger partial charge in [0.2, 0.25) is 0 Å². The van der Waals surface area contributed by atoms with E-state index in [0.29, 0.717) is 5.82 Å². The number of benzene rings is 2. The van der Waals surface area contributed by atoms with Gasteiger partial charge in [0.15, 0.2) is 5.82 Å². The average Bonchev–Trinajstić information content (AvgIpc) is 3.75. The Balaban J connectivity index is 1.21. The number of rotatable bonds is 8. The second-order valence-electron chi connectivity index (χ2n) is 10.3. The van der Waals surface area contributed by atoms with Crippen LogP contribution >= 0.6 is 11.3 Å². The van der Waals surface area contributed by atoms with Crippen LogP contribution in [0.4, 0.5) is 5.69 Å². The van der Waals surface area contributed by atoms with Crippen LogP contribution in [0.5, 0.6) is 0 Å². The van der Waals surface area contributed by atoms with Gasteiger partial charge in [0.25, 0.3) is 0 Å². The zero-order valence-electron chi connectivity index (χ0n) is 23.0. The molecule has 0 spiro atoms. The molecule has 0 amide bonds. The first-order valence-electron chi connectivity index (χ1n) is 13.6. The lowest BCUT2D eigenvalue weighted by Crippen LogP contribution is -2.02. The predicted octanol–water partition coefficient (Wildman–Crippen LogP) is 8.49. The molecule has 7 aromatic rings. The lowest BCUT2D eigenvalue weighted by molar-refractivity contribution is 1.10. The van der Waals surface area contributed by atoms with Crippen LogP contribution in [-0.4, -0.2) is 30.1 Å². The van der Waals surface area contributed by atoms with E-state index in [9.17, 15) is 0 Å². The number of imidazole rings is 1. The third-order valence-electron chi connectivity index (χ3n) is 7.09. The molecular weight excluding hydrogens is 538 g/mol. The van der Waals surface area contributed by atoms with E-state index in [1.165, 1.54) is 10.4 Å². The van der Waals surface area contributed by atoms with Crippen molar-refractivity contribution in [2.45, 2.75) is 13.3 Å². The van der Waals surface area contributed by atoms with Crippen molar-refractivity contribution in [3.63, 3.8) is 0 Å².